The molecule has 0 fully saturated rings. The standard InChI is InChI=1S/C15H22O2Si/c1-13(9-8-12-15(16)17-2)18(3,4)14-10-6-5-7-11-14/h5-8,10-13H,9H2,1-4H3/b12-8-. The van der Waals surface area contributed by atoms with E-state index < -0.39 is 8.07 Å². The molecule has 0 bridgehead atoms. The van der Waals surface area contributed by atoms with Crippen LogP contribution in [0.4, 0.5) is 0 Å². The zero-order valence-corrected chi connectivity index (χ0v) is 12.6. The van der Waals surface area contributed by atoms with Crippen LogP contribution in [-0.4, -0.2) is 21.2 Å². The molecular weight excluding hydrogens is 240 g/mol. The van der Waals surface area contributed by atoms with E-state index in [0.717, 1.165) is 6.42 Å². The molecule has 1 unspecified atom stereocenters. The maximum Gasteiger partial charge on any atom is 0.330 e. The lowest BCUT2D eigenvalue weighted by atomic mass is 10.3. The number of rotatable bonds is 5. The summed E-state index contributed by atoms with van der Waals surface area (Å²) in [5.74, 6) is -0.276. The van der Waals surface area contributed by atoms with E-state index in [4.69, 9.17) is 0 Å². The Labute approximate surface area is 111 Å². The molecule has 1 atom stereocenters. The monoisotopic (exact) mass is 262 g/mol. The molecule has 0 saturated carbocycles. The van der Waals surface area contributed by atoms with Gasteiger partial charge in [-0.25, -0.2) is 4.79 Å². The SMILES string of the molecule is COC(=O)/C=C\CC(C)[Si](C)(C)c1ccccc1. The van der Waals surface area contributed by atoms with Crippen molar-refractivity contribution in [2.75, 3.05) is 7.11 Å². The summed E-state index contributed by atoms with van der Waals surface area (Å²) < 4.78 is 4.59. The molecule has 3 heteroatoms. The minimum absolute atomic E-state index is 0.276. The van der Waals surface area contributed by atoms with E-state index in [1.807, 2.05) is 6.08 Å². The summed E-state index contributed by atoms with van der Waals surface area (Å²) in [4.78, 5) is 11.0. The first-order chi connectivity index (χ1) is 8.48. The molecule has 0 amide bonds. The molecule has 0 aromatic heterocycles. The van der Waals surface area contributed by atoms with Gasteiger partial charge in [-0.2, -0.15) is 0 Å². The molecule has 98 valence electrons. The average Bonchev–Trinajstić information content (AvgIpc) is 2.39. The van der Waals surface area contributed by atoms with Crippen LogP contribution < -0.4 is 5.19 Å². The quantitative estimate of drug-likeness (QED) is 0.463. The van der Waals surface area contributed by atoms with Gasteiger partial charge in [0.15, 0.2) is 0 Å². The Balaban J connectivity index is 2.68. The summed E-state index contributed by atoms with van der Waals surface area (Å²) in [5, 5.41) is 1.46. The fraction of sp³-hybridized carbons (Fsp3) is 0.400. The third kappa shape index (κ3) is 3.84. The zero-order valence-electron chi connectivity index (χ0n) is 11.6. The molecule has 0 heterocycles. The van der Waals surface area contributed by atoms with Crippen LogP contribution in [0.25, 0.3) is 0 Å². The van der Waals surface area contributed by atoms with E-state index in [-0.39, 0.29) is 5.97 Å². The lowest BCUT2D eigenvalue weighted by molar-refractivity contribution is -0.134. The second-order valence-corrected chi connectivity index (χ2v) is 10.2. The van der Waals surface area contributed by atoms with Gasteiger partial charge in [-0.3, -0.25) is 0 Å². The van der Waals surface area contributed by atoms with Crippen LogP contribution in [0.15, 0.2) is 42.5 Å². The predicted molar refractivity (Wildman–Crippen MR) is 78.8 cm³/mol. The van der Waals surface area contributed by atoms with E-state index >= 15 is 0 Å². The number of ether oxygens (including phenoxy) is 1. The minimum atomic E-state index is -1.47. The third-order valence-electron chi connectivity index (χ3n) is 3.69. The van der Waals surface area contributed by atoms with E-state index in [0.29, 0.717) is 5.54 Å². The summed E-state index contributed by atoms with van der Waals surface area (Å²) >= 11 is 0. The molecule has 2 nitrogen and oxygen atoms in total. The summed E-state index contributed by atoms with van der Waals surface area (Å²) in [6.07, 6.45) is 4.36. The molecule has 0 N–H and O–H groups in total. The smallest absolute Gasteiger partial charge is 0.330 e. The Hall–Kier alpha value is -1.35. The first-order valence-electron chi connectivity index (χ1n) is 6.28. The van der Waals surface area contributed by atoms with Crippen molar-refractivity contribution < 1.29 is 9.53 Å². The average molecular weight is 262 g/mol. The van der Waals surface area contributed by atoms with Crippen molar-refractivity contribution >= 4 is 19.2 Å². The number of benzene rings is 1. The summed E-state index contributed by atoms with van der Waals surface area (Å²) in [6, 6.07) is 10.7. The molecule has 18 heavy (non-hydrogen) atoms. The molecule has 1 aromatic carbocycles. The fourth-order valence-electron chi connectivity index (χ4n) is 1.88. The molecule has 0 spiro atoms. The highest BCUT2D eigenvalue weighted by Crippen LogP contribution is 2.25. The van der Waals surface area contributed by atoms with Crippen LogP contribution in [0, 0.1) is 0 Å². The first kappa shape index (κ1) is 14.7. The van der Waals surface area contributed by atoms with Crippen molar-refractivity contribution in [1.82, 2.24) is 0 Å². The largest absolute Gasteiger partial charge is 0.466 e. The second kappa shape index (κ2) is 6.54. The molecule has 0 radical (unpaired) electrons. The fourth-order valence-corrected chi connectivity index (χ4v) is 4.23. The number of methoxy groups -OCH3 is 1. The normalized spacial score (nSPS) is 13.6. The van der Waals surface area contributed by atoms with E-state index in [2.05, 4.69) is 55.1 Å². The van der Waals surface area contributed by atoms with Crippen molar-refractivity contribution in [3.63, 3.8) is 0 Å². The Bertz CT molecular complexity index is 410. The number of hydrogen-bond acceptors (Lipinski definition) is 2. The molecule has 0 aliphatic rings. The molecule has 1 aromatic rings. The van der Waals surface area contributed by atoms with Gasteiger partial charge in [0.1, 0.15) is 0 Å². The van der Waals surface area contributed by atoms with E-state index in [9.17, 15) is 4.79 Å². The maximum absolute atomic E-state index is 11.0. The third-order valence-corrected chi connectivity index (χ3v) is 8.22. The number of allylic oxidation sites excluding steroid dienone is 1. The van der Waals surface area contributed by atoms with Crippen LogP contribution in [0.3, 0.4) is 0 Å². The van der Waals surface area contributed by atoms with Crippen molar-refractivity contribution in [2.45, 2.75) is 32.0 Å². The Kier molecular flexibility index (Phi) is 5.35. The van der Waals surface area contributed by atoms with Crippen LogP contribution in [0.2, 0.25) is 18.6 Å². The van der Waals surface area contributed by atoms with Gasteiger partial charge < -0.3 is 4.74 Å². The molecule has 0 aliphatic heterocycles. The van der Waals surface area contributed by atoms with Gasteiger partial charge in [-0.15, -0.1) is 0 Å². The van der Waals surface area contributed by atoms with Crippen LogP contribution in [0.1, 0.15) is 13.3 Å². The van der Waals surface area contributed by atoms with Gasteiger partial charge in [-0.1, -0.05) is 61.6 Å². The molecule has 1 rings (SSSR count). The number of esters is 1. The van der Waals surface area contributed by atoms with Gasteiger partial charge >= 0.3 is 5.97 Å². The molecular formula is C15H22O2Si. The number of carbonyl (C=O) groups excluding carboxylic acids is 1. The van der Waals surface area contributed by atoms with Crippen LogP contribution >= 0.6 is 0 Å². The van der Waals surface area contributed by atoms with E-state index in [1.54, 1.807) is 0 Å². The number of carbonyl (C=O) groups is 1. The summed E-state index contributed by atoms with van der Waals surface area (Å²) in [6.45, 7) is 7.01. The Morgan fingerprint density at radius 1 is 1.33 bits per heavy atom. The topological polar surface area (TPSA) is 26.3 Å². The highest BCUT2D eigenvalue weighted by molar-refractivity contribution is 6.90. The Morgan fingerprint density at radius 3 is 2.50 bits per heavy atom. The highest BCUT2D eigenvalue weighted by Gasteiger charge is 2.29. The Morgan fingerprint density at radius 2 is 1.94 bits per heavy atom. The van der Waals surface area contributed by atoms with Crippen molar-refractivity contribution in [2.24, 2.45) is 0 Å². The van der Waals surface area contributed by atoms with Crippen molar-refractivity contribution in [3.05, 3.63) is 42.5 Å². The van der Waals surface area contributed by atoms with Crippen molar-refractivity contribution in [3.8, 4) is 0 Å². The van der Waals surface area contributed by atoms with Gasteiger partial charge in [0.25, 0.3) is 0 Å². The van der Waals surface area contributed by atoms with Crippen molar-refractivity contribution in [1.29, 1.82) is 0 Å². The lowest BCUT2D eigenvalue weighted by Gasteiger charge is -2.29. The minimum Gasteiger partial charge on any atom is -0.466 e. The molecule has 0 aliphatic carbocycles. The van der Waals surface area contributed by atoms with Gasteiger partial charge in [0, 0.05) is 6.08 Å². The summed E-state index contributed by atoms with van der Waals surface area (Å²) in [7, 11) is -0.0668. The van der Waals surface area contributed by atoms with E-state index in [1.165, 1.54) is 18.4 Å². The van der Waals surface area contributed by atoms with Gasteiger partial charge in [-0.05, 0) is 12.0 Å². The predicted octanol–water partition coefficient (Wildman–Crippen LogP) is 3.11. The second-order valence-electron chi connectivity index (χ2n) is 5.15. The van der Waals surface area contributed by atoms with Crippen LogP contribution in [-0.2, 0) is 9.53 Å². The number of hydrogen-bond donors (Lipinski definition) is 0. The maximum atomic E-state index is 11.0. The highest BCUT2D eigenvalue weighted by atomic mass is 28.3. The first-order valence-corrected chi connectivity index (χ1v) is 9.36. The van der Waals surface area contributed by atoms with Crippen LogP contribution in [0.5, 0.6) is 0 Å². The van der Waals surface area contributed by atoms with Gasteiger partial charge in [0.2, 0.25) is 0 Å². The van der Waals surface area contributed by atoms with Gasteiger partial charge in [0.05, 0.1) is 15.2 Å². The lowest BCUT2D eigenvalue weighted by Crippen LogP contribution is -2.44. The molecule has 0 saturated heterocycles. The summed E-state index contributed by atoms with van der Waals surface area (Å²) in [5.41, 5.74) is 0.584. The zero-order chi connectivity index (χ0) is 13.6.